The Hall–Kier alpha value is -3.94. The number of carbonyl (C=O) groups is 2. The van der Waals surface area contributed by atoms with Crippen LogP contribution in [0.4, 0.5) is 14.6 Å². The molecule has 1 aliphatic rings. The second-order valence-corrected chi connectivity index (χ2v) is 8.99. The van der Waals surface area contributed by atoms with E-state index in [0.29, 0.717) is 16.8 Å². The van der Waals surface area contributed by atoms with Crippen LogP contribution < -0.4 is 4.90 Å². The van der Waals surface area contributed by atoms with Crippen LogP contribution >= 0.6 is 0 Å². The maximum atomic E-state index is 13.8. The average molecular weight is 478 g/mol. The fourth-order valence-corrected chi connectivity index (χ4v) is 4.04. The van der Waals surface area contributed by atoms with Crippen molar-refractivity contribution in [2.75, 3.05) is 4.90 Å². The molecule has 2 aromatic carbocycles. The first-order valence-corrected chi connectivity index (χ1v) is 11.2. The van der Waals surface area contributed by atoms with Crippen molar-refractivity contribution in [2.45, 2.75) is 45.6 Å². The minimum absolute atomic E-state index is 0.113. The maximum Gasteiger partial charge on any atom is 0.301 e. The van der Waals surface area contributed by atoms with Gasteiger partial charge in [0.15, 0.2) is 5.82 Å². The van der Waals surface area contributed by atoms with Crippen LogP contribution in [0, 0.1) is 6.92 Å². The summed E-state index contributed by atoms with van der Waals surface area (Å²) in [6.07, 6.45) is 0. The molecule has 2 heterocycles. The lowest BCUT2D eigenvalue weighted by Gasteiger charge is -2.24. The summed E-state index contributed by atoms with van der Waals surface area (Å²) >= 11 is 0. The minimum atomic E-state index is -3.05. The van der Waals surface area contributed by atoms with Crippen molar-refractivity contribution in [3.05, 3.63) is 94.2 Å². The lowest BCUT2D eigenvalue weighted by Crippen LogP contribution is -2.30. The van der Waals surface area contributed by atoms with E-state index in [1.165, 1.54) is 24.3 Å². The number of hydrogen-bond acceptors (Lipinski definition) is 5. The van der Waals surface area contributed by atoms with E-state index in [4.69, 9.17) is 0 Å². The average Bonchev–Trinajstić information content (AvgIpc) is 3.09. The Kier molecular flexibility index (Phi) is 6.23. The normalized spacial score (nSPS) is 17.9. The molecule has 180 valence electrons. The third-order valence-corrected chi connectivity index (χ3v) is 6.06. The summed E-state index contributed by atoms with van der Waals surface area (Å²) in [4.78, 5) is 27.5. The fourth-order valence-electron chi connectivity index (χ4n) is 4.04. The predicted molar refractivity (Wildman–Crippen MR) is 128 cm³/mol. The van der Waals surface area contributed by atoms with E-state index in [0.717, 1.165) is 17.4 Å². The largest absolute Gasteiger partial charge is 0.507 e. The molecule has 0 radical (unpaired) electrons. The molecule has 1 saturated heterocycles. The molecule has 0 unspecified atom stereocenters. The van der Waals surface area contributed by atoms with Crippen molar-refractivity contribution in [1.29, 1.82) is 0 Å². The zero-order valence-corrected chi connectivity index (χ0v) is 19.8. The van der Waals surface area contributed by atoms with E-state index in [1.54, 1.807) is 31.2 Å². The van der Waals surface area contributed by atoms with E-state index in [9.17, 15) is 23.5 Å². The molecule has 1 aliphatic heterocycles. The second kappa shape index (κ2) is 9.02. The van der Waals surface area contributed by atoms with Gasteiger partial charge in [-0.05, 0) is 36.1 Å². The Balaban J connectivity index is 1.89. The van der Waals surface area contributed by atoms with Gasteiger partial charge in [0.25, 0.3) is 11.7 Å². The molecule has 0 saturated carbocycles. The van der Waals surface area contributed by atoms with Crippen LogP contribution in [0.15, 0.2) is 66.2 Å². The number of carbonyl (C=O) groups excluding carboxylic acids is 2. The minimum Gasteiger partial charge on any atom is -0.507 e. The van der Waals surface area contributed by atoms with Gasteiger partial charge in [-0.3, -0.25) is 14.5 Å². The molecule has 1 N–H and O–H groups in total. The number of rotatable bonds is 5. The first-order chi connectivity index (χ1) is 16.5. The smallest absolute Gasteiger partial charge is 0.301 e. The summed E-state index contributed by atoms with van der Waals surface area (Å²) in [7, 11) is 0. The van der Waals surface area contributed by atoms with Crippen LogP contribution in [0.3, 0.4) is 0 Å². The molecule has 8 heteroatoms. The van der Waals surface area contributed by atoms with Gasteiger partial charge >= 0.3 is 5.91 Å². The van der Waals surface area contributed by atoms with Gasteiger partial charge in [-0.1, -0.05) is 62.4 Å². The third-order valence-electron chi connectivity index (χ3n) is 6.06. The molecule has 6 nitrogen and oxygen atoms in total. The zero-order valence-electron chi connectivity index (χ0n) is 19.8. The molecule has 1 fully saturated rings. The molecule has 1 atom stereocenters. The van der Waals surface area contributed by atoms with Crippen LogP contribution in [0.5, 0.6) is 0 Å². The number of aromatic nitrogens is 2. The lowest BCUT2D eigenvalue weighted by molar-refractivity contribution is -0.132. The van der Waals surface area contributed by atoms with Gasteiger partial charge in [-0.2, -0.15) is 5.10 Å². The van der Waals surface area contributed by atoms with Crippen molar-refractivity contribution in [2.24, 2.45) is 0 Å². The molecule has 0 aliphatic carbocycles. The highest BCUT2D eigenvalue weighted by molar-refractivity contribution is 6.51. The highest BCUT2D eigenvalue weighted by Crippen LogP contribution is 2.42. The highest BCUT2D eigenvalue weighted by atomic mass is 19.3. The Labute approximate surface area is 201 Å². The van der Waals surface area contributed by atoms with Crippen molar-refractivity contribution in [3.63, 3.8) is 0 Å². The molecule has 35 heavy (non-hydrogen) atoms. The summed E-state index contributed by atoms with van der Waals surface area (Å²) in [6, 6.07) is 14.5. The van der Waals surface area contributed by atoms with Crippen LogP contribution in [0.25, 0.3) is 5.76 Å². The van der Waals surface area contributed by atoms with E-state index >= 15 is 0 Å². The summed E-state index contributed by atoms with van der Waals surface area (Å²) in [5.41, 5.74) is 2.04. The summed E-state index contributed by atoms with van der Waals surface area (Å²) in [5, 5.41) is 19.2. The number of aliphatic hydroxyl groups is 1. The summed E-state index contributed by atoms with van der Waals surface area (Å²) in [6.45, 7) is 6.59. The first kappa shape index (κ1) is 24.2. The maximum absolute atomic E-state index is 13.8. The van der Waals surface area contributed by atoms with Gasteiger partial charge in [0.1, 0.15) is 5.76 Å². The summed E-state index contributed by atoms with van der Waals surface area (Å²) in [5.74, 6) is -4.81. The van der Waals surface area contributed by atoms with E-state index < -0.39 is 23.7 Å². The number of alkyl halides is 2. The molecular weight excluding hydrogens is 452 g/mol. The van der Waals surface area contributed by atoms with E-state index in [-0.39, 0.29) is 28.6 Å². The van der Waals surface area contributed by atoms with Gasteiger partial charge in [0.05, 0.1) is 17.3 Å². The molecular formula is C27H25F2N3O3. The predicted octanol–water partition coefficient (Wildman–Crippen LogP) is 5.65. The monoisotopic (exact) mass is 477 g/mol. The van der Waals surface area contributed by atoms with Gasteiger partial charge in [-0.15, -0.1) is 5.10 Å². The molecule has 3 aromatic rings. The Morgan fingerprint density at radius 3 is 2.11 bits per heavy atom. The van der Waals surface area contributed by atoms with Crippen LogP contribution in [0.1, 0.15) is 60.7 Å². The summed E-state index contributed by atoms with van der Waals surface area (Å²) < 4.78 is 27.6. The molecule has 0 spiro atoms. The molecule has 0 bridgehead atoms. The third kappa shape index (κ3) is 4.56. The van der Waals surface area contributed by atoms with Crippen LogP contribution in [-0.2, 0) is 15.5 Å². The lowest BCUT2D eigenvalue weighted by atomic mass is 9.93. The standard InChI is InChI=1S/C27H25F2N3O3/c1-15(2)17-6-8-19(9-7-17)24(33)22-23(18-10-12-20(13-11-18)27(4,28)29)32(26(35)25(22)34)21-14-5-16(3)30-31-21/h5-15,23,33H,1-4H3/t23-/m1/s1. The van der Waals surface area contributed by atoms with Crippen molar-refractivity contribution >= 4 is 23.3 Å². The van der Waals surface area contributed by atoms with Crippen molar-refractivity contribution in [3.8, 4) is 0 Å². The quantitative estimate of drug-likeness (QED) is 0.292. The Morgan fingerprint density at radius 1 is 0.971 bits per heavy atom. The molecule has 4 rings (SSSR count). The first-order valence-electron chi connectivity index (χ1n) is 11.2. The highest BCUT2D eigenvalue weighted by Gasteiger charge is 2.47. The Bertz CT molecular complexity index is 1290. The number of Topliss-reactive ketones (excluding diaryl/α,β-unsaturated/α-hetero) is 1. The number of ketones is 1. The fraction of sp³-hybridized carbons (Fsp3) is 0.259. The number of benzene rings is 2. The van der Waals surface area contributed by atoms with Crippen LogP contribution in [0.2, 0.25) is 0 Å². The number of halogens is 2. The van der Waals surface area contributed by atoms with E-state index in [1.807, 2.05) is 26.0 Å². The zero-order chi connectivity index (χ0) is 25.5. The topological polar surface area (TPSA) is 83.4 Å². The van der Waals surface area contributed by atoms with Gasteiger partial charge in [-0.25, -0.2) is 8.78 Å². The number of nitrogens with zero attached hydrogens (tertiary/aromatic N) is 3. The number of anilines is 1. The van der Waals surface area contributed by atoms with E-state index in [2.05, 4.69) is 10.2 Å². The van der Waals surface area contributed by atoms with Crippen LogP contribution in [-0.4, -0.2) is 27.0 Å². The number of aryl methyl sites for hydroxylation is 1. The number of aliphatic hydroxyl groups excluding tert-OH is 1. The van der Waals surface area contributed by atoms with Gasteiger partial charge in [0.2, 0.25) is 0 Å². The molecule has 1 aromatic heterocycles. The van der Waals surface area contributed by atoms with Gasteiger partial charge in [0, 0.05) is 18.1 Å². The van der Waals surface area contributed by atoms with Gasteiger partial charge < -0.3 is 5.11 Å². The SMILES string of the molecule is Cc1ccc(N2C(=O)C(=O)C(=C(O)c3ccc(C(C)C)cc3)[C@H]2c2ccc(C(C)(F)F)cc2)nn1. The molecule has 1 amide bonds. The number of hydrogen-bond donors (Lipinski definition) is 1. The van der Waals surface area contributed by atoms with Crippen molar-refractivity contribution in [1.82, 2.24) is 10.2 Å². The Morgan fingerprint density at radius 2 is 1.60 bits per heavy atom. The van der Waals surface area contributed by atoms with Crippen molar-refractivity contribution < 1.29 is 23.5 Å². The number of amides is 1. The second-order valence-electron chi connectivity index (χ2n) is 8.99.